The number of hydrogen-bond acceptors (Lipinski definition) is 4. The predicted molar refractivity (Wildman–Crippen MR) is 93.2 cm³/mol. The Morgan fingerprint density at radius 2 is 1.96 bits per heavy atom. The number of rotatable bonds is 5. The molecule has 1 aromatic rings. The molecule has 0 spiro atoms. The number of nitrogens with zero attached hydrogens (tertiary/aromatic N) is 1. The molecule has 1 unspecified atom stereocenters. The van der Waals surface area contributed by atoms with E-state index in [0.717, 1.165) is 32.4 Å². The summed E-state index contributed by atoms with van der Waals surface area (Å²) in [5.41, 5.74) is 0.539. The SMILES string of the molecule is CC(C(=O)Nc1cccc(S(=O)(=O)N2CCCCC2)c1)C1CNC1. The summed E-state index contributed by atoms with van der Waals surface area (Å²) in [7, 11) is -3.48. The second kappa shape index (κ2) is 7.21. The largest absolute Gasteiger partial charge is 0.326 e. The average Bonchev–Trinajstić information content (AvgIpc) is 2.54. The van der Waals surface area contributed by atoms with Crippen molar-refractivity contribution in [3.8, 4) is 0 Å². The highest BCUT2D eigenvalue weighted by atomic mass is 32.2. The van der Waals surface area contributed by atoms with Crippen LogP contribution in [0.5, 0.6) is 0 Å². The van der Waals surface area contributed by atoms with Gasteiger partial charge in [-0.15, -0.1) is 0 Å². The van der Waals surface area contributed by atoms with Crippen molar-refractivity contribution in [1.29, 1.82) is 0 Å². The Kier molecular flexibility index (Phi) is 5.22. The molecule has 2 fully saturated rings. The van der Waals surface area contributed by atoms with Gasteiger partial charge in [0.05, 0.1) is 4.90 Å². The van der Waals surface area contributed by atoms with Crippen LogP contribution in [0.25, 0.3) is 0 Å². The number of anilines is 1. The van der Waals surface area contributed by atoms with Crippen molar-refractivity contribution in [3.05, 3.63) is 24.3 Å². The molecular weight excluding hydrogens is 326 g/mol. The molecule has 6 nitrogen and oxygen atoms in total. The first kappa shape index (κ1) is 17.4. The third-order valence-electron chi connectivity index (χ3n) is 4.99. The van der Waals surface area contributed by atoms with E-state index in [9.17, 15) is 13.2 Å². The van der Waals surface area contributed by atoms with E-state index in [1.807, 2.05) is 6.92 Å². The second-order valence-corrected chi connectivity index (χ2v) is 8.63. The van der Waals surface area contributed by atoms with E-state index < -0.39 is 10.0 Å². The fourth-order valence-corrected chi connectivity index (χ4v) is 4.69. The van der Waals surface area contributed by atoms with Crippen molar-refractivity contribution in [1.82, 2.24) is 9.62 Å². The van der Waals surface area contributed by atoms with Crippen molar-refractivity contribution in [3.63, 3.8) is 0 Å². The van der Waals surface area contributed by atoms with Gasteiger partial charge in [0, 0.05) is 24.7 Å². The summed E-state index contributed by atoms with van der Waals surface area (Å²) in [5.74, 6) is 0.202. The van der Waals surface area contributed by atoms with Crippen LogP contribution in [-0.2, 0) is 14.8 Å². The zero-order valence-corrected chi connectivity index (χ0v) is 14.8. The van der Waals surface area contributed by atoms with Crippen LogP contribution in [-0.4, -0.2) is 44.8 Å². The van der Waals surface area contributed by atoms with Crippen molar-refractivity contribution in [2.45, 2.75) is 31.1 Å². The maximum Gasteiger partial charge on any atom is 0.243 e. The van der Waals surface area contributed by atoms with Crippen molar-refractivity contribution in [2.75, 3.05) is 31.5 Å². The topological polar surface area (TPSA) is 78.5 Å². The molecule has 0 bridgehead atoms. The predicted octanol–water partition coefficient (Wildman–Crippen LogP) is 1.66. The van der Waals surface area contributed by atoms with Crippen molar-refractivity contribution < 1.29 is 13.2 Å². The molecule has 3 rings (SSSR count). The molecule has 2 saturated heterocycles. The fourth-order valence-electron chi connectivity index (χ4n) is 3.12. The molecule has 132 valence electrons. The zero-order valence-electron chi connectivity index (χ0n) is 14.0. The highest BCUT2D eigenvalue weighted by Gasteiger charge is 2.29. The first-order valence-electron chi connectivity index (χ1n) is 8.60. The van der Waals surface area contributed by atoms with E-state index in [-0.39, 0.29) is 16.7 Å². The summed E-state index contributed by atoms with van der Waals surface area (Å²) in [5, 5.41) is 6.02. The van der Waals surface area contributed by atoms with Crippen molar-refractivity contribution in [2.24, 2.45) is 11.8 Å². The molecular formula is C17H25N3O3S. The van der Waals surface area contributed by atoms with Gasteiger partial charge < -0.3 is 10.6 Å². The molecule has 1 atom stereocenters. The van der Waals surface area contributed by atoms with Crippen LogP contribution in [0.2, 0.25) is 0 Å². The number of hydrogen-bond donors (Lipinski definition) is 2. The van der Waals surface area contributed by atoms with Gasteiger partial charge in [0.15, 0.2) is 0 Å². The average molecular weight is 351 g/mol. The number of carbonyl (C=O) groups excluding carboxylic acids is 1. The Bertz CT molecular complexity index is 695. The Morgan fingerprint density at radius 3 is 2.58 bits per heavy atom. The summed E-state index contributed by atoms with van der Waals surface area (Å²) in [4.78, 5) is 12.6. The molecule has 1 amide bonds. The molecule has 7 heteroatoms. The number of carbonyl (C=O) groups is 1. The van der Waals surface area contributed by atoms with Crippen LogP contribution >= 0.6 is 0 Å². The van der Waals surface area contributed by atoms with Gasteiger partial charge in [-0.25, -0.2) is 8.42 Å². The highest BCUT2D eigenvalue weighted by Crippen LogP contribution is 2.24. The summed E-state index contributed by atoms with van der Waals surface area (Å²) < 4.78 is 27.0. The molecule has 0 aliphatic carbocycles. The lowest BCUT2D eigenvalue weighted by Gasteiger charge is -2.31. The lowest BCUT2D eigenvalue weighted by Crippen LogP contribution is -2.48. The lowest BCUT2D eigenvalue weighted by atomic mass is 9.88. The Morgan fingerprint density at radius 1 is 1.25 bits per heavy atom. The van der Waals surface area contributed by atoms with Gasteiger partial charge in [0.1, 0.15) is 0 Å². The normalized spacial score (nSPS) is 21.0. The summed E-state index contributed by atoms with van der Waals surface area (Å²) >= 11 is 0. The van der Waals surface area contributed by atoms with Crippen LogP contribution in [0.4, 0.5) is 5.69 Å². The number of amides is 1. The van der Waals surface area contributed by atoms with Crippen LogP contribution in [0, 0.1) is 11.8 Å². The summed E-state index contributed by atoms with van der Waals surface area (Å²) in [6.45, 7) is 4.78. The highest BCUT2D eigenvalue weighted by molar-refractivity contribution is 7.89. The maximum atomic E-state index is 12.7. The number of benzene rings is 1. The quantitative estimate of drug-likeness (QED) is 0.846. The summed E-state index contributed by atoms with van der Waals surface area (Å²) in [6.07, 6.45) is 2.89. The van der Waals surface area contributed by atoms with Gasteiger partial charge in [-0.1, -0.05) is 19.4 Å². The van der Waals surface area contributed by atoms with E-state index in [2.05, 4.69) is 10.6 Å². The Hall–Kier alpha value is -1.44. The Balaban J connectivity index is 1.72. The molecule has 2 aliphatic heterocycles. The number of sulfonamides is 1. The molecule has 0 aromatic heterocycles. The lowest BCUT2D eigenvalue weighted by molar-refractivity contribution is -0.121. The van der Waals surface area contributed by atoms with Gasteiger partial charge in [-0.2, -0.15) is 4.31 Å². The third kappa shape index (κ3) is 3.63. The van der Waals surface area contributed by atoms with Gasteiger partial charge in [-0.05, 0) is 50.0 Å². The van der Waals surface area contributed by atoms with E-state index in [4.69, 9.17) is 0 Å². The smallest absolute Gasteiger partial charge is 0.243 e. The first-order chi connectivity index (χ1) is 11.5. The van der Waals surface area contributed by atoms with Crippen LogP contribution in [0.1, 0.15) is 26.2 Å². The molecule has 2 N–H and O–H groups in total. The summed E-state index contributed by atoms with van der Waals surface area (Å²) in [6, 6.07) is 6.58. The third-order valence-corrected chi connectivity index (χ3v) is 6.88. The molecule has 2 heterocycles. The minimum absolute atomic E-state index is 0.0611. The van der Waals surface area contributed by atoms with Gasteiger partial charge in [0.2, 0.25) is 15.9 Å². The van der Waals surface area contributed by atoms with Crippen molar-refractivity contribution >= 4 is 21.6 Å². The monoisotopic (exact) mass is 351 g/mol. The molecule has 0 saturated carbocycles. The van der Waals surface area contributed by atoms with Crippen LogP contribution in [0.15, 0.2) is 29.2 Å². The number of piperidine rings is 1. The maximum absolute atomic E-state index is 12.7. The Labute approximate surface area is 143 Å². The van der Waals surface area contributed by atoms with E-state index in [1.165, 1.54) is 0 Å². The standard InChI is InChI=1S/C17H25N3O3S/c1-13(14-11-18-12-14)17(21)19-15-6-5-7-16(10-15)24(22,23)20-8-3-2-4-9-20/h5-7,10,13-14,18H,2-4,8-9,11-12H2,1H3,(H,19,21). The molecule has 1 aromatic carbocycles. The molecule has 24 heavy (non-hydrogen) atoms. The molecule has 2 aliphatic rings. The van der Waals surface area contributed by atoms with E-state index >= 15 is 0 Å². The van der Waals surface area contributed by atoms with Gasteiger partial charge >= 0.3 is 0 Å². The first-order valence-corrected chi connectivity index (χ1v) is 10.0. The van der Waals surface area contributed by atoms with Gasteiger partial charge in [0.25, 0.3) is 0 Å². The minimum atomic E-state index is -3.48. The van der Waals surface area contributed by atoms with Gasteiger partial charge in [-0.3, -0.25) is 4.79 Å². The van der Waals surface area contributed by atoms with E-state index in [0.29, 0.717) is 24.7 Å². The van der Waals surface area contributed by atoms with Crippen LogP contribution < -0.4 is 10.6 Å². The fraction of sp³-hybridized carbons (Fsp3) is 0.588. The second-order valence-electron chi connectivity index (χ2n) is 6.69. The minimum Gasteiger partial charge on any atom is -0.326 e. The molecule has 0 radical (unpaired) electrons. The van der Waals surface area contributed by atoms with Crippen LogP contribution in [0.3, 0.4) is 0 Å². The zero-order chi connectivity index (χ0) is 17.2. The van der Waals surface area contributed by atoms with E-state index in [1.54, 1.807) is 28.6 Å². The number of nitrogens with one attached hydrogen (secondary N) is 2.